The standard InChI is InChI=1S/C28H27FN6O3S.C28H28N6O3S.C26H26N6O3S2/c1-20(36)31-23-6-2-21(3-7-23)27-14-15-30-28(33-27)32-24-8-10-25(11-9-24)34-16-18-35(19-17-34)39(37,38)26-12-4-22(29)5-13-26;1-21(35)30-23-9-7-22(8-10-23)27-15-16-29-28(32-27)31-24-11-13-25(14-12-24)33-17-19-34(20-18-33)38(36,37)26-5-3-2-4-6-26;1-19(33)28-21-6-4-20(5-7-21)24-12-13-27-26(30-24)29-22-8-10-23(11-9-22)31-14-16-32(17-15-31)37(34,35)25-3-2-18-36-25/h2-15H,16-19H2,1H3,(H,31,36)(H,30,32,33);2-16H,17-20H2,1H3,(H,30,35)(H,29,31,32);2-13,18H,14-17H2,1H3,(H,28,33)(H,27,29,30). The summed E-state index contributed by atoms with van der Waals surface area (Å²) in [5, 5.41) is 19.7. The van der Waals surface area contributed by atoms with Gasteiger partial charge < -0.3 is 46.6 Å². The van der Waals surface area contributed by atoms with Crippen LogP contribution in [0.15, 0.2) is 268 Å². The number of sulfonamides is 3. The predicted molar refractivity (Wildman–Crippen MR) is 445 cm³/mol. The molecule has 3 aliphatic rings. The summed E-state index contributed by atoms with van der Waals surface area (Å²) < 4.78 is 95.2. The third kappa shape index (κ3) is 20.6. The second-order valence-electron chi connectivity index (χ2n) is 26.5. The maximum Gasteiger partial charge on any atom is 0.252 e. The Morgan fingerprint density at radius 2 is 0.632 bits per heavy atom. The highest BCUT2D eigenvalue weighted by atomic mass is 32.2. The number of hydrogen-bond acceptors (Lipinski definition) is 22. The first-order valence-electron chi connectivity index (χ1n) is 36.4. The zero-order chi connectivity index (χ0) is 79.8. The van der Waals surface area contributed by atoms with Gasteiger partial charge in [-0.25, -0.2) is 59.5 Å². The summed E-state index contributed by atoms with van der Waals surface area (Å²) in [5.74, 6) is 0.576. The Morgan fingerprint density at radius 3 is 0.930 bits per heavy atom. The zero-order valence-electron chi connectivity index (χ0n) is 62.3. The SMILES string of the molecule is CC(=O)Nc1ccc(-c2ccnc(Nc3ccc(N4CCN(S(=O)(=O)c5ccc(F)cc5)CC4)cc3)n2)cc1.CC(=O)Nc1ccc(-c2ccnc(Nc3ccc(N4CCN(S(=O)(=O)c5ccccc5)CC4)cc3)n2)cc1.CC(=O)Nc1ccc(-c2ccnc(Nc3ccc(N4CCN(S(=O)(=O)c5cccs5)CC4)cc3)n2)cc1. The topological polar surface area (TPSA) is 323 Å². The number of nitrogens with one attached hydrogen (secondary N) is 6. The lowest BCUT2D eigenvalue weighted by molar-refractivity contribution is -0.115. The minimum Gasteiger partial charge on any atom is -0.369 e. The molecule has 3 aliphatic heterocycles. The smallest absolute Gasteiger partial charge is 0.252 e. The van der Waals surface area contributed by atoms with E-state index in [9.17, 15) is 44.0 Å². The molecule has 0 bridgehead atoms. The van der Waals surface area contributed by atoms with Crippen molar-refractivity contribution >= 4 is 128 Å². The Labute approximate surface area is 664 Å². The Bertz CT molecular complexity index is 5640. The Kier molecular flexibility index (Phi) is 25.4. The van der Waals surface area contributed by atoms with Crippen LogP contribution in [0, 0.1) is 5.82 Å². The van der Waals surface area contributed by atoms with Gasteiger partial charge in [0.25, 0.3) is 10.0 Å². The van der Waals surface area contributed by atoms with Crippen molar-refractivity contribution in [1.29, 1.82) is 0 Å². The van der Waals surface area contributed by atoms with Gasteiger partial charge in [-0.05, 0) is 175 Å². The molecule has 584 valence electrons. The molecule has 0 radical (unpaired) electrons. The summed E-state index contributed by atoms with van der Waals surface area (Å²) in [6.07, 6.45) is 5.08. The summed E-state index contributed by atoms with van der Waals surface area (Å²) in [5.41, 5.74) is 12.7. The van der Waals surface area contributed by atoms with Crippen molar-refractivity contribution in [2.24, 2.45) is 0 Å². The van der Waals surface area contributed by atoms with Crippen LogP contribution < -0.4 is 46.6 Å². The molecule has 3 amide bonds. The van der Waals surface area contributed by atoms with E-state index in [0.717, 1.165) is 97.1 Å². The minimum absolute atomic E-state index is 0.0982. The van der Waals surface area contributed by atoms with Gasteiger partial charge in [0, 0.05) is 186 Å². The lowest BCUT2D eigenvalue weighted by Gasteiger charge is -2.35. The van der Waals surface area contributed by atoms with Crippen LogP contribution in [0.25, 0.3) is 33.8 Å². The molecule has 6 N–H and O–H groups in total. The van der Waals surface area contributed by atoms with Crippen molar-refractivity contribution in [3.8, 4) is 33.8 Å². The first-order chi connectivity index (χ1) is 55.0. The molecular weight excluding hydrogens is 1530 g/mol. The molecule has 0 atom stereocenters. The van der Waals surface area contributed by atoms with E-state index in [1.165, 1.54) is 48.5 Å². The molecule has 3 fully saturated rings. The van der Waals surface area contributed by atoms with E-state index >= 15 is 0 Å². The maximum absolute atomic E-state index is 13.2. The number of nitrogens with zero attached hydrogens (tertiary/aromatic N) is 12. The van der Waals surface area contributed by atoms with Gasteiger partial charge in [0.2, 0.25) is 55.6 Å². The second-order valence-corrected chi connectivity index (χ2v) is 33.4. The highest BCUT2D eigenvalue weighted by molar-refractivity contribution is 7.91. The molecule has 0 spiro atoms. The number of carbonyl (C=O) groups excluding carboxylic acids is 3. The Morgan fingerprint density at radius 1 is 0.333 bits per heavy atom. The van der Waals surface area contributed by atoms with Gasteiger partial charge in [-0.2, -0.15) is 12.9 Å². The number of rotatable bonds is 21. The van der Waals surface area contributed by atoms with E-state index in [1.54, 1.807) is 69.0 Å². The van der Waals surface area contributed by atoms with E-state index in [0.29, 0.717) is 105 Å². The molecule has 114 heavy (non-hydrogen) atoms. The number of amides is 3. The average molecular weight is 1610 g/mol. The van der Waals surface area contributed by atoms with Crippen LogP contribution in [0.5, 0.6) is 0 Å². The normalized spacial score (nSPS) is 14.2. The van der Waals surface area contributed by atoms with Crippen molar-refractivity contribution in [3.63, 3.8) is 0 Å². The summed E-state index contributed by atoms with van der Waals surface area (Å²) in [7, 11) is -10.5. The number of benzene rings is 8. The molecule has 15 rings (SSSR count). The predicted octanol–water partition coefficient (Wildman–Crippen LogP) is 13.3. The molecule has 0 aliphatic carbocycles. The Hall–Kier alpha value is -12.4. The van der Waals surface area contributed by atoms with E-state index in [-0.39, 0.29) is 22.6 Å². The van der Waals surface area contributed by atoms with Crippen LogP contribution in [0.2, 0.25) is 0 Å². The van der Waals surface area contributed by atoms with Gasteiger partial charge >= 0.3 is 0 Å². The van der Waals surface area contributed by atoms with Gasteiger partial charge in [0.15, 0.2) is 0 Å². The fourth-order valence-electron chi connectivity index (χ4n) is 12.8. The first kappa shape index (κ1) is 79.6. The van der Waals surface area contributed by atoms with E-state index < -0.39 is 35.9 Å². The van der Waals surface area contributed by atoms with Crippen molar-refractivity contribution in [2.45, 2.75) is 34.8 Å². The lowest BCUT2D eigenvalue weighted by atomic mass is 10.1. The average Bonchev–Trinajstić information content (AvgIpc) is 1.08. The van der Waals surface area contributed by atoms with Gasteiger partial charge in [-0.3, -0.25) is 14.4 Å². The number of halogens is 1. The quantitative estimate of drug-likeness (QED) is 0.0389. The minimum atomic E-state index is -3.66. The number of carbonyl (C=O) groups is 3. The number of anilines is 12. The van der Waals surface area contributed by atoms with Crippen molar-refractivity contribution in [3.05, 3.63) is 260 Å². The van der Waals surface area contributed by atoms with Crippen LogP contribution in [-0.2, 0) is 44.5 Å². The lowest BCUT2D eigenvalue weighted by Crippen LogP contribution is -2.48. The molecule has 7 heterocycles. The van der Waals surface area contributed by atoms with Crippen LogP contribution >= 0.6 is 11.3 Å². The highest BCUT2D eigenvalue weighted by Crippen LogP contribution is 2.31. The number of aromatic nitrogens is 6. The van der Waals surface area contributed by atoms with Crippen molar-refractivity contribution in [2.75, 3.05) is 125 Å². The van der Waals surface area contributed by atoms with Gasteiger partial charge in [0.1, 0.15) is 10.0 Å². The van der Waals surface area contributed by atoms with Crippen LogP contribution in [-0.4, -0.2) is 164 Å². The van der Waals surface area contributed by atoms with Crippen LogP contribution in [0.3, 0.4) is 0 Å². The van der Waals surface area contributed by atoms with Gasteiger partial charge in [-0.15, -0.1) is 11.3 Å². The molecule has 12 aromatic rings. The summed E-state index contributed by atoms with van der Waals surface area (Å²) in [6, 6.07) is 68.4. The largest absolute Gasteiger partial charge is 0.369 e. The number of hydrogen-bond donors (Lipinski definition) is 6. The maximum atomic E-state index is 13.2. The fourth-order valence-corrected chi connectivity index (χ4v) is 18.2. The molecule has 3 saturated heterocycles. The summed E-state index contributed by atoms with van der Waals surface area (Å²) in [6.45, 7) is 10.4. The number of thiophene rings is 1. The molecule has 32 heteroatoms. The highest BCUT2D eigenvalue weighted by Gasteiger charge is 2.32. The molecule has 0 unspecified atom stereocenters. The van der Waals surface area contributed by atoms with E-state index in [4.69, 9.17) is 0 Å². The third-order valence-corrected chi connectivity index (χ3v) is 25.7. The second kappa shape index (κ2) is 36.4. The van der Waals surface area contributed by atoms with Gasteiger partial charge in [0.05, 0.1) is 26.9 Å². The number of piperazine rings is 3. The zero-order valence-corrected chi connectivity index (χ0v) is 65.6. The van der Waals surface area contributed by atoms with Crippen LogP contribution in [0.1, 0.15) is 20.8 Å². The molecule has 27 nitrogen and oxygen atoms in total. The molecule has 8 aromatic carbocycles. The van der Waals surface area contributed by atoms with Gasteiger partial charge in [-0.1, -0.05) is 60.7 Å². The van der Waals surface area contributed by atoms with Crippen LogP contribution in [0.4, 0.5) is 73.4 Å². The van der Waals surface area contributed by atoms with Crippen molar-refractivity contribution < 1.29 is 44.0 Å². The molecular formula is C82H81FN18O9S4. The molecule has 4 aromatic heterocycles. The van der Waals surface area contributed by atoms with E-state index in [1.807, 2.05) is 170 Å². The van der Waals surface area contributed by atoms with E-state index in [2.05, 4.69) is 76.5 Å². The Balaban J connectivity index is 0.000000149. The fraction of sp³-hybridized carbons (Fsp3) is 0.183. The first-order valence-corrected chi connectivity index (χ1v) is 41.6. The summed E-state index contributed by atoms with van der Waals surface area (Å²) in [4.78, 5) is 67.4. The van der Waals surface area contributed by atoms with Crippen molar-refractivity contribution in [1.82, 2.24) is 42.8 Å². The third-order valence-electron chi connectivity index (χ3n) is 18.6. The molecule has 0 saturated carbocycles. The summed E-state index contributed by atoms with van der Waals surface area (Å²) >= 11 is 1.25. The monoisotopic (exact) mass is 1610 g/mol.